The minimum Gasteiger partial charge on any atom is -0.489 e. The Bertz CT molecular complexity index is 1220. The molecular formula is C24H16BrClO5. The maximum absolute atomic E-state index is 12.9. The Labute approximate surface area is 192 Å². The summed E-state index contributed by atoms with van der Waals surface area (Å²) in [5.74, 6) is 1.82. The van der Waals surface area contributed by atoms with Crippen molar-refractivity contribution < 1.29 is 23.7 Å². The summed E-state index contributed by atoms with van der Waals surface area (Å²) in [6.07, 6.45) is 1.70. The van der Waals surface area contributed by atoms with E-state index in [-0.39, 0.29) is 18.3 Å². The lowest BCUT2D eigenvalue weighted by atomic mass is 10.1. The summed E-state index contributed by atoms with van der Waals surface area (Å²) in [5.41, 5.74) is 3.11. The molecule has 0 atom stereocenters. The lowest BCUT2D eigenvalue weighted by Crippen LogP contribution is -2.12. The van der Waals surface area contributed by atoms with Crippen molar-refractivity contribution in [1.29, 1.82) is 0 Å². The van der Waals surface area contributed by atoms with Gasteiger partial charge < -0.3 is 18.9 Å². The zero-order chi connectivity index (χ0) is 21.4. The number of benzene rings is 3. The number of fused-ring (bicyclic) bond motifs is 2. The zero-order valence-electron chi connectivity index (χ0n) is 16.2. The average Bonchev–Trinajstić information content (AvgIpc) is 3.07. The van der Waals surface area contributed by atoms with Gasteiger partial charge in [0.25, 0.3) is 0 Å². The number of ketones is 1. The van der Waals surface area contributed by atoms with Crippen LogP contribution in [0.25, 0.3) is 6.08 Å². The Morgan fingerprint density at radius 3 is 2.90 bits per heavy atom. The molecule has 5 rings (SSSR count). The van der Waals surface area contributed by atoms with E-state index in [4.69, 9.17) is 30.5 Å². The first-order valence-corrected chi connectivity index (χ1v) is 10.7. The van der Waals surface area contributed by atoms with Crippen molar-refractivity contribution in [2.75, 3.05) is 6.79 Å². The first-order chi connectivity index (χ1) is 15.1. The molecule has 0 radical (unpaired) electrons. The van der Waals surface area contributed by atoms with E-state index in [0.717, 1.165) is 21.2 Å². The number of hydrogen-bond acceptors (Lipinski definition) is 5. The molecule has 2 heterocycles. The first kappa shape index (κ1) is 20.1. The summed E-state index contributed by atoms with van der Waals surface area (Å²) < 4.78 is 23.6. The van der Waals surface area contributed by atoms with Gasteiger partial charge in [0, 0.05) is 26.7 Å². The van der Waals surface area contributed by atoms with Crippen molar-refractivity contribution in [2.24, 2.45) is 0 Å². The molecule has 0 saturated carbocycles. The summed E-state index contributed by atoms with van der Waals surface area (Å²) in [6, 6.07) is 16.5. The Hall–Kier alpha value is -2.80. The molecule has 2 aliphatic rings. The fourth-order valence-corrected chi connectivity index (χ4v) is 4.24. The number of Topliss-reactive ketones (excluding diaryl/α,β-unsaturated/α-hetero) is 1. The molecular weight excluding hydrogens is 484 g/mol. The topological polar surface area (TPSA) is 54.0 Å². The maximum atomic E-state index is 12.9. The highest BCUT2D eigenvalue weighted by molar-refractivity contribution is 9.10. The maximum Gasteiger partial charge on any atom is 0.231 e. The van der Waals surface area contributed by atoms with Crippen molar-refractivity contribution in [1.82, 2.24) is 0 Å². The molecule has 0 spiro atoms. The average molecular weight is 500 g/mol. The number of allylic oxidation sites excluding steroid dienone is 1. The molecule has 156 valence electrons. The van der Waals surface area contributed by atoms with Crippen molar-refractivity contribution in [3.05, 3.63) is 92.1 Å². The van der Waals surface area contributed by atoms with Crippen LogP contribution in [0.2, 0.25) is 5.02 Å². The van der Waals surface area contributed by atoms with Crippen LogP contribution >= 0.6 is 27.5 Å². The van der Waals surface area contributed by atoms with Crippen molar-refractivity contribution in [3.63, 3.8) is 0 Å². The smallest absolute Gasteiger partial charge is 0.231 e. The molecule has 3 aromatic carbocycles. The Morgan fingerprint density at radius 1 is 1.13 bits per heavy atom. The van der Waals surface area contributed by atoms with Gasteiger partial charge in [-0.15, -0.1) is 0 Å². The summed E-state index contributed by atoms with van der Waals surface area (Å²) in [7, 11) is 0. The van der Waals surface area contributed by atoms with Crippen molar-refractivity contribution >= 4 is 39.4 Å². The molecule has 2 aliphatic heterocycles. The molecule has 5 nitrogen and oxygen atoms in total. The standard InChI is InChI=1S/C24H16BrClO5/c25-17-7-15(24-16(8-17)12-28-13-30-24)9-22-23(27)20-5-4-19(10-21(20)31-22)29-11-14-2-1-3-18(26)6-14/h1-10H,11-13H2/b22-9-. The highest BCUT2D eigenvalue weighted by atomic mass is 79.9. The van der Waals surface area contributed by atoms with Crippen LogP contribution < -0.4 is 14.2 Å². The van der Waals surface area contributed by atoms with E-state index in [0.29, 0.717) is 41.0 Å². The van der Waals surface area contributed by atoms with E-state index >= 15 is 0 Å². The number of ether oxygens (including phenoxy) is 4. The van der Waals surface area contributed by atoms with Gasteiger partial charge in [-0.3, -0.25) is 4.79 Å². The van der Waals surface area contributed by atoms with Crippen LogP contribution in [0.1, 0.15) is 27.0 Å². The predicted molar refractivity (Wildman–Crippen MR) is 120 cm³/mol. The third-order valence-corrected chi connectivity index (χ3v) is 5.62. The monoisotopic (exact) mass is 498 g/mol. The quantitative estimate of drug-likeness (QED) is 0.402. The summed E-state index contributed by atoms with van der Waals surface area (Å²) >= 11 is 9.51. The second-order valence-electron chi connectivity index (χ2n) is 7.11. The van der Waals surface area contributed by atoms with Gasteiger partial charge in [-0.1, -0.05) is 39.7 Å². The molecule has 0 aliphatic carbocycles. The number of hydrogen-bond donors (Lipinski definition) is 0. The Kier molecular flexibility index (Phi) is 5.44. The molecule has 0 amide bonds. The Morgan fingerprint density at radius 2 is 2.03 bits per heavy atom. The van der Waals surface area contributed by atoms with Gasteiger partial charge >= 0.3 is 0 Å². The minimum atomic E-state index is -0.183. The molecule has 7 heteroatoms. The van der Waals surface area contributed by atoms with Gasteiger partial charge in [0.1, 0.15) is 23.9 Å². The van der Waals surface area contributed by atoms with E-state index in [1.165, 1.54) is 0 Å². The van der Waals surface area contributed by atoms with Gasteiger partial charge in [-0.25, -0.2) is 0 Å². The van der Waals surface area contributed by atoms with Crippen LogP contribution in [0.15, 0.2) is 64.8 Å². The third kappa shape index (κ3) is 4.19. The first-order valence-electron chi connectivity index (χ1n) is 9.55. The van der Waals surface area contributed by atoms with Crippen LogP contribution in [0.5, 0.6) is 17.2 Å². The molecule has 0 N–H and O–H groups in total. The van der Waals surface area contributed by atoms with Crippen molar-refractivity contribution in [3.8, 4) is 17.2 Å². The summed E-state index contributed by atoms with van der Waals surface area (Å²) in [6.45, 7) is 0.986. The molecule has 3 aromatic rings. The second kappa shape index (κ2) is 8.38. The number of halogens is 2. The summed E-state index contributed by atoms with van der Waals surface area (Å²) in [4.78, 5) is 12.9. The number of carbonyl (C=O) groups excluding carboxylic acids is 1. The largest absolute Gasteiger partial charge is 0.489 e. The highest BCUT2D eigenvalue weighted by Gasteiger charge is 2.28. The zero-order valence-corrected chi connectivity index (χ0v) is 18.5. The molecule has 0 unspecified atom stereocenters. The summed E-state index contributed by atoms with van der Waals surface area (Å²) in [5, 5.41) is 0.657. The van der Waals surface area contributed by atoms with E-state index < -0.39 is 0 Å². The van der Waals surface area contributed by atoms with Gasteiger partial charge in [0.15, 0.2) is 12.6 Å². The lowest BCUT2D eigenvalue weighted by Gasteiger charge is -2.20. The molecule has 31 heavy (non-hydrogen) atoms. The normalized spacial score (nSPS) is 15.8. The molecule has 0 aromatic heterocycles. The van der Waals surface area contributed by atoms with E-state index in [2.05, 4.69) is 15.9 Å². The molecule has 0 saturated heterocycles. The lowest BCUT2D eigenvalue weighted by molar-refractivity contribution is -0.0165. The van der Waals surface area contributed by atoms with Gasteiger partial charge in [0.05, 0.1) is 12.2 Å². The molecule has 0 bridgehead atoms. The van der Waals surface area contributed by atoms with Gasteiger partial charge in [0.2, 0.25) is 5.78 Å². The van der Waals surface area contributed by atoms with E-state index in [1.807, 2.05) is 36.4 Å². The van der Waals surface area contributed by atoms with E-state index in [9.17, 15) is 4.79 Å². The number of rotatable bonds is 4. The fraction of sp³-hybridized carbons (Fsp3) is 0.125. The Balaban J connectivity index is 1.38. The minimum absolute atomic E-state index is 0.174. The third-order valence-electron chi connectivity index (χ3n) is 4.93. The van der Waals surface area contributed by atoms with Crippen molar-refractivity contribution in [2.45, 2.75) is 13.2 Å². The fourth-order valence-electron chi connectivity index (χ4n) is 3.51. The van der Waals surface area contributed by atoms with E-state index in [1.54, 1.807) is 24.3 Å². The van der Waals surface area contributed by atoms with Crippen LogP contribution in [-0.2, 0) is 18.0 Å². The van der Waals surface area contributed by atoms with Gasteiger partial charge in [-0.2, -0.15) is 0 Å². The van der Waals surface area contributed by atoms with Crippen LogP contribution in [0, 0.1) is 0 Å². The predicted octanol–water partition coefficient (Wildman–Crippen LogP) is 6.16. The van der Waals surface area contributed by atoms with Crippen LogP contribution in [-0.4, -0.2) is 12.6 Å². The van der Waals surface area contributed by atoms with Crippen LogP contribution in [0.4, 0.5) is 0 Å². The second-order valence-corrected chi connectivity index (χ2v) is 8.46. The number of carbonyl (C=O) groups is 1. The highest BCUT2D eigenvalue weighted by Crippen LogP contribution is 2.38. The SMILES string of the molecule is O=C1/C(=C/c2cc(Br)cc3c2OCOC3)Oc2cc(OCc3cccc(Cl)c3)ccc21. The van der Waals surface area contributed by atoms with Gasteiger partial charge in [-0.05, 0) is 48.0 Å². The van der Waals surface area contributed by atoms with Crippen LogP contribution in [0.3, 0.4) is 0 Å². The molecule has 0 fully saturated rings.